The quantitative estimate of drug-likeness (QED) is 0.173. The molecular weight excluding hydrogens is 831 g/mol. The third-order valence-electron chi connectivity index (χ3n) is 15.1. The van der Waals surface area contributed by atoms with Crippen LogP contribution in [0.2, 0.25) is 0 Å². The smallest absolute Gasteiger partial charge is 0.329 e. The van der Waals surface area contributed by atoms with Crippen molar-refractivity contribution in [1.29, 1.82) is 0 Å². The van der Waals surface area contributed by atoms with E-state index >= 15 is 0 Å². The minimum atomic E-state index is -0.686. The van der Waals surface area contributed by atoms with Crippen molar-refractivity contribution in [3.63, 3.8) is 0 Å². The number of nitrogens with one attached hydrogen (secondary N) is 1. The summed E-state index contributed by atoms with van der Waals surface area (Å²) < 4.78 is 5.36. The van der Waals surface area contributed by atoms with Gasteiger partial charge in [-0.3, -0.25) is 43.5 Å². The number of carbonyl (C=O) groups excluding carboxylic acids is 3. The van der Waals surface area contributed by atoms with Crippen LogP contribution >= 0.6 is 0 Å². The molecule has 0 aliphatic carbocycles. The van der Waals surface area contributed by atoms with Gasteiger partial charge in [0, 0.05) is 114 Å². The lowest BCUT2D eigenvalue weighted by Crippen LogP contribution is -2.53. The van der Waals surface area contributed by atoms with Crippen molar-refractivity contribution in [2.75, 3.05) is 58.1 Å². The van der Waals surface area contributed by atoms with Crippen LogP contribution in [0.4, 0.5) is 5.82 Å². The highest BCUT2D eigenvalue weighted by Crippen LogP contribution is 2.33. The molecule has 4 fully saturated rings. The zero-order chi connectivity index (χ0) is 45.6. The van der Waals surface area contributed by atoms with E-state index in [0.717, 1.165) is 130 Å². The third-order valence-corrected chi connectivity index (χ3v) is 15.1. The first-order chi connectivity index (χ1) is 32.0. The first-order valence-corrected chi connectivity index (χ1v) is 23.7. The minimum absolute atomic E-state index is 0.142. The maximum atomic E-state index is 13.7. The van der Waals surface area contributed by atoms with Crippen LogP contribution in [0.25, 0.3) is 33.2 Å². The molecule has 4 saturated heterocycles. The van der Waals surface area contributed by atoms with Gasteiger partial charge in [-0.1, -0.05) is 18.2 Å². The molecule has 0 radical (unpaired) electrons. The van der Waals surface area contributed by atoms with Crippen molar-refractivity contribution < 1.29 is 14.4 Å². The van der Waals surface area contributed by atoms with Crippen LogP contribution in [-0.4, -0.2) is 119 Å². The largest absolute Gasteiger partial charge is 0.384 e. The van der Waals surface area contributed by atoms with Gasteiger partial charge >= 0.3 is 5.69 Å². The zero-order valence-electron chi connectivity index (χ0n) is 38.4. The Hall–Kier alpha value is -6.16. The number of likely N-dealkylation sites (tertiary alicyclic amines) is 2. The van der Waals surface area contributed by atoms with Gasteiger partial charge in [0.15, 0.2) is 0 Å². The molecule has 4 aliphatic heterocycles. The fourth-order valence-corrected chi connectivity index (χ4v) is 11.1. The predicted molar refractivity (Wildman–Crippen MR) is 256 cm³/mol. The number of aryl methyl sites for hydroxylation is 2. The highest BCUT2D eigenvalue weighted by Gasteiger charge is 2.33. The molecule has 3 N–H and O–H groups in total. The van der Waals surface area contributed by atoms with Crippen LogP contribution in [0.1, 0.15) is 84.6 Å². The topological polar surface area (TPSA) is 160 Å². The number of aromatic nitrogens is 5. The summed E-state index contributed by atoms with van der Waals surface area (Å²) in [6, 6.07) is 22.4. The second-order valence-corrected chi connectivity index (χ2v) is 19.3. The highest BCUT2D eigenvalue weighted by molar-refractivity contribution is 6.00. The van der Waals surface area contributed by atoms with Gasteiger partial charge in [-0.2, -0.15) is 0 Å². The van der Waals surface area contributed by atoms with Crippen LogP contribution in [0.15, 0.2) is 83.9 Å². The van der Waals surface area contributed by atoms with Crippen LogP contribution in [0.5, 0.6) is 0 Å². The lowest BCUT2D eigenvalue weighted by atomic mass is 9.88. The summed E-state index contributed by atoms with van der Waals surface area (Å²) in [6.45, 7) is 11.5. The van der Waals surface area contributed by atoms with Crippen molar-refractivity contribution >= 4 is 45.6 Å². The molecule has 0 spiro atoms. The van der Waals surface area contributed by atoms with Gasteiger partial charge in [-0.25, -0.2) is 14.8 Å². The molecule has 6 aromatic rings. The number of hydrogen-bond acceptors (Lipinski definition) is 10. The number of rotatable bonds is 10. The normalized spacial score (nSPS) is 21.0. The number of benzene rings is 2. The molecule has 4 aliphatic rings. The van der Waals surface area contributed by atoms with E-state index in [1.807, 2.05) is 48.8 Å². The molecule has 344 valence electrons. The summed E-state index contributed by atoms with van der Waals surface area (Å²) in [5, 5.41) is 3.51. The van der Waals surface area contributed by atoms with Crippen molar-refractivity contribution in [3.05, 3.63) is 112 Å². The van der Waals surface area contributed by atoms with Gasteiger partial charge in [-0.05, 0) is 129 Å². The summed E-state index contributed by atoms with van der Waals surface area (Å²) in [4.78, 5) is 70.0. The summed E-state index contributed by atoms with van der Waals surface area (Å²) in [5.41, 5.74) is 14.7. The van der Waals surface area contributed by atoms with Gasteiger partial charge in [0.2, 0.25) is 11.8 Å². The Morgan fingerprint density at radius 2 is 1.58 bits per heavy atom. The fraction of sp³-hybridized carbons (Fsp3) is 0.451. The number of piperidine rings is 3. The molecule has 0 bridgehead atoms. The van der Waals surface area contributed by atoms with Crippen molar-refractivity contribution in [2.45, 2.75) is 76.5 Å². The number of imidazole rings is 1. The SMILES string of the molecule is C[C@H]1CN(Cc2ccc3c(c2)n(C)c(=O)n3C2CCC(=O)NC2=O)CCN1CC1CCN(C(=O)c2ccc(C3CCN(Cc4cc5c(-c6ccc(N)nc6)ccnc5n4C)CC3)cc2)CC1. The molecule has 2 aromatic carbocycles. The summed E-state index contributed by atoms with van der Waals surface area (Å²) in [6.07, 6.45) is 8.44. The predicted octanol–water partition coefficient (Wildman–Crippen LogP) is 5.29. The Morgan fingerprint density at radius 3 is 2.30 bits per heavy atom. The Bertz CT molecular complexity index is 2830. The molecule has 1 unspecified atom stereocenters. The van der Waals surface area contributed by atoms with Gasteiger partial charge in [0.25, 0.3) is 5.91 Å². The molecule has 3 amide bonds. The van der Waals surface area contributed by atoms with E-state index in [4.69, 9.17) is 10.7 Å². The van der Waals surface area contributed by atoms with Crippen molar-refractivity contribution in [3.8, 4) is 11.1 Å². The number of nitrogen functional groups attached to an aromatic ring is 1. The average molecular weight is 892 g/mol. The second-order valence-electron chi connectivity index (χ2n) is 19.3. The molecule has 4 aromatic heterocycles. The monoisotopic (exact) mass is 891 g/mol. The van der Waals surface area contributed by atoms with E-state index in [-0.39, 0.29) is 23.9 Å². The van der Waals surface area contributed by atoms with Crippen molar-refractivity contribution in [1.82, 2.24) is 48.6 Å². The first kappa shape index (κ1) is 43.7. The zero-order valence-corrected chi connectivity index (χ0v) is 38.4. The van der Waals surface area contributed by atoms with E-state index in [9.17, 15) is 19.2 Å². The number of hydrogen-bond donors (Lipinski definition) is 2. The van der Waals surface area contributed by atoms with Crippen molar-refractivity contribution in [2.24, 2.45) is 20.0 Å². The summed E-state index contributed by atoms with van der Waals surface area (Å²) >= 11 is 0. The minimum Gasteiger partial charge on any atom is -0.384 e. The molecule has 15 heteroatoms. The number of carbonyl (C=O) groups is 3. The molecule has 0 saturated carbocycles. The molecule has 8 heterocycles. The standard InChI is InChI=1S/C51H61N11O4/c1-33-29-59(30-35-4-10-43-45(26-35)57(3)51(66)62(43)44-11-13-47(63)55-49(44)64)24-25-61(33)31-34-15-22-60(23-16-34)50(65)38-7-5-36(6-8-38)37-17-20-58(21-18-37)32-40-27-42-41(14-19-53-48(42)56(40)2)39-9-12-46(52)54-28-39/h4-10,12,14,19,26-28,33-34,37,44H,11,13,15-18,20-25,29-32H2,1-3H3,(H2,52,54)(H,55,63,64)/t33-,44?/m0/s1. The number of piperazine rings is 1. The molecule has 10 rings (SSSR count). The van der Waals surface area contributed by atoms with E-state index < -0.39 is 11.9 Å². The fourth-order valence-electron chi connectivity index (χ4n) is 11.1. The number of anilines is 1. The third kappa shape index (κ3) is 8.67. The first-order valence-electron chi connectivity index (χ1n) is 23.7. The van der Waals surface area contributed by atoms with E-state index in [0.29, 0.717) is 35.6 Å². The van der Waals surface area contributed by atoms with Crippen LogP contribution in [-0.2, 0) is 36.8 Å². The number of nitrogens with two attached hydrogens (primary N) is 1. The van der Waals surface area contributed by atoms with Gasteiger partial charge < -0.3 is 15.2 Å². The molecule has 15 nitrogen and oxygen atoms in total. The van der Waals surface area contributed by atoms with Gasteiger partial charge in [0.05, 0.1) is 11.0 Å². The number of pyridine rings is 2. The molecule has 66 heavy (non-hydrogen) atoms. The second kappa shape index (κ2) is 18.3. The Morgan fingerprint density at radius 1 is 0.788 bits per heavy atom. The Labute approximate surface area is 385 Å². The number of fused-ring (bicyclic) bond motifs is 2. The maximum Gasteiger partial charge on any atom is 0.329 e. The number of amides is 3. The van der Waals surface area contributed by atoms with Crippen LogP contribution < -0.4 is 16.7 Å². The lowest BCUT2D eigenvalue weighted by molar-refractivity contribution is -0.135. The lowest BCUT2D eigenvalue weighted by Gasteiger charge is -2.42. The van der Waals surface area contributed by atoms with E-state index in [2.05, 4.69) is 78.8 Å². The van der Waals surface area contributed by atoms with Crippen LogP contribution in [0.3, 0.4) is 0 Å². The molecular formula is C51H61N11O4. The maximum absolute atomic E-state index is 13.7. The molecule has 2 atom stereocenters. The summed E-state index contributed by atoms with van der Waals surface area (Å²) in [5.74, 6) is 0.989. The van der Waals surface area contributed by atoms with Crippen LogP contribution in [0, 0.1) is 5.92 Å². The highest BCUT2D eigenvalue weighted by atomic mass is 16.2. The Balaban J connectivity index is 0.673. The Kier molecular flexibility index (Phi) is 12.1. The summed E-state index contributed by atoms with van der Waals surface area (Å²) in [7, 11) is 3.84. The number of imide groups is 1. The van der Waals surface area contributed by atoms with E-state index in [1.165, 1.54) is 15.8 Å². The van der Waals surface area contributed by atoms with Gasteiger partial charge in [-0.15, -0.1) is 0 Å². The van der Waals surface area contributed by atoms with Gasteiger partial charge in [0.1, 0.15) is 17.5 Å². The average Bonchev–Trinajstić information content (AvgIpc) is 3.77. The number of nitrogens with zero attached hydrogens (tertiary/aromatic N) is 9. The van der Waals surface area contributed by atoms with E-state index in [1.54, 1.807) is 11.6 Å².